The Labute approximate surface area is 173 Å². The van der Waals surface area contributed by atoms with E-state index in [2.05, 4.69) is 122 Å². The molecule has 0 saturated heterocycles. The second-order valence-corrected chi connectivity index (χ2v) is 5.27. The zero-order valence-corrected chi connectivity index (χ0v) is 16.4. The third-order valence-electron chi connectivity index (χ3n) is 2.88. The number of nitrogens with zero attached hydrogens (tertiary/aromatic N) is 1. The van der Waals surface area contributed by atoms with Gasteiger partial charge < -0.3 is 0 Å². The summed E-state index contributed by atoms with van der Waals surface area (Å²) in [5, 5.41) is 0. The SMILES string of the molecule is C[C](=[Cr])N(Cc1ccccc1)Cc1ccccc1.[C-]#[O+].[C-]#[O+].[C-]#[O+].[C-]#[O+].[C-]#[O+]. The van der Waals surface area contributed by atoms with E-state index in [4.69, 9.17) is 23.3 Å². The fraction of sp³-hybridized carbons (Fsp3) is 0.143. The zero-order chi connectivity index (χ0) is 22.8. The van der Waals surface area contributed by atoms with E-state index in [0.717, 1.165) is 13.1 Å². The summed E-state index contributed by atoms with van der Waals surface area (Å²) in [6.07, 6.45) is 0. The molecule has 0 aliphatic heterocycles. The number of hydrogen-bond donors (Lipinski definition) is 0. The molecular weight excluding hydrogens is 398 g/mol. The van der Waals surface area contributed by atoms with Gasteiger partial charge in [-0.05, 0) is 0 Å². The Morgan fingerprint density at radius 3 is 1.11 bits per heavy atom. The predicted molar refractivity (Wildman–Crippen MR) is 92.5 cm³/mol. The van der Waals surface area contributed by atoms with Gasteiger partial charge >= 0.3 is 174 Å². The van der Waals surface area contributed by atoms with Crippen molar-refractivity contribution in [2.45, 2.75) is 20.0 Å². The van der Waals surface area contributed by atoms with E-state index in [9.17, 15) is 0 Å². The van der Waals surface area contributed by atoms with Crippen LogP contribution in [0.5, 0.6) is 0 Å². The first-order valence-electron chi connectivity index (χ1n) is 7.11. The molecule has 0 spiro atoms. The van der Waals surface area contributed by atoms with Gasteiger partial charge in [0.2, 0.25) is 0 Å². The first-order chi connectivity index (χ1) is 13.8. The van der Waals surface area contributed by atoms with Gasteiger partial charge in [-0.1, -0.05) is 0 Å². The Bertz CT molecular complexity index is 630. The van der Waals surface area contributed by atoms with Gasteiger partial charge in [-0.15, -0.1) is 0 Å². The van der Waals surface area contributed by atoms with Crippen molar-refractivity contribution in [3.63, 3.8) is 0 Å². The van der Waals surface area contributed by atoms with E-state index < -0.39 is 0 Å². The van der Waals surface area contributed by atoms with Crippen LogP contribution in [-0.4, -0.2) is 9.40 Å². The molecule has 0 atom stereocenters. The van der Waals surface area contributed by atoms with Crippen molar-refractivity contribution in [3.05, 3.63) is 105 Å². The van der Waals surface area contributed by atoms with E-state index in [1.54, 1.807) is 0 Å². The summed E-state index contributed by atoms with van der Waals surface area (Å²) < 4.78 is 38.7. The van der Waals surface area contributed by atoms with Crippen molar-refractivity contribution in [1.29, 1.82) is 0 Å². The van der Waals surface area contributed by atoms with E-state index in [-0.39, 0.29) is 0 Å². The van der Waals surface area contributed by atoms with Crippen LogP contribution in [-0.2, 0) is 52.2 Å². The second-order valence-electron chi connectivity index (χ2n) is 4.35. The van der Waals surface area contributed by atoms with Crippen LogP contribution in [0.2, 0.25) is 0 Å². The van der Waals surface area contributed by atoms with Crippen molar-refractivity contribution >= 4 is 4.50 Å². The molecule has 0 fully saturated rings. The molecule has 142 valence electrons. The van der Waals surface area contributed by atoms with Crippen molar-refractivity contribution < 1.29 is 39.1 Å². The van der Waals surface area contributed by atoms with Gasteiger partial charge in [-0.25, -0.2) is 0 Å². The quantitative estimate of drug-likeness (QED) is 0.543. The van der Waals surface area contributed by atoms with Gasteiger partial charge in [-0.2, -0.15) is 0 Å². The van der Waals surface area contributed by atoms with Gasteiger partial charge in [0.25, 0.3) is 0 Å². The summed E-state index contributed by atoms with van der Waals surface area (Å²) in [4.78, 5) is 2.35. The van der Waals surface area contributed by atoms with Gasteiger partial charge in [0.15, 0.2) is 0 Å². The van der Waals surface area contributed by atoms with Crippen LogP contribution in [0.25, 0.3) is 0 Å². The number of rotatable bonds is 5. The Kier molecular flexibility index (Phi) is 34.6. The maximum absolute atomic E-state index is 7.50. The molecule has 0 bridgehead atoms. The fourth-order valence-corrected chi connectivity index (χ4v) is 2.09. The second kappa shape index (κ2) is 29.3. The molecule has 0 amide bonds. The topological polar surface area (TPSA) is 103 Å². The third kappa shape index (κ3) is 18.3. The minimum absolute atomic E-state index is 0.939. The van der Waals surface area contributed by atoms with Crippen molar-refractivity contribution in [2.75, 3.05) is 0 Å². The van der Waals surface area contributed by atoms with E-state index in [1.165, 1.54) is 15.6 Å². The molecule has 6 nitrogen and oxygen atoms in total. The Balaban J connectivity index is -0.000000251. The molecule has 7 heteroatoms. The standard InChI is InChI=1S/C16H17N.5CO.Cr/c1-2-17(13-15-9-5-3-6-10-15)14-16-11-7-4-8-12-16;5*1-2;/h3-12H,13-14H2,1H3;;;;;;. The Hall–Kier alpha value is -2.50. The number of benzene rings is 2. The molecule has 0 aliphatic rings. The summed E-state index contributed by atoms with van der Waals surface area (Å²) in [7, 11) is 0. The average molecular weight is 415 g/mol. The summed E-state index contributed by atoms with van der Waals surface area (Å²) in [6, 6.07) is 21.1. The molecule has 0 aromatic heterocycles. The first kappa shape index (κ1) is 33.1. The molecule has 0 N–H and O–H groups in total. The molecule has 0 aliphatic carbocycles. The molecule has 2 aromatic rings. The minimum atomic E-state index is 0.939. The molecule has 2 aromatic carbocycles. The maximum atomic E-state index is 7.50. The monoisotopic (exact) mass is 415 g/mol. The van der Waals surface area contributed by atoms with Gasteiger partial charge in [0, 0.05) is 0 Å². The zero-order valence-electron chi connectivity index (χ0n) is 15.1. The molecule has 2 rings (SSSR count). The predicted octanol–water partition coefficient (Wildman–Crippen LogP) is 3.20. The molecule has 0 unspecified atom stereocenters. The van der Waals surface area contributed by atoms with E-state index in [0.29, 0.717) is 0 Å². The van der Waals surface area contributed by atoms with Crippen LogP contribution in [0, 0.1) is 33.3 Å². The van der Waals surface area contributed by atoms with Gasteiger partial charge in [-0.3, -0.25) is 0 Å². The molecule has 0 saturated carbocycles. The van der Waals surface area contributed by atoms with E-state index >= 15 is 0 Å². The van der Waals surface area contributed by atoms with Crippen LogP contribution in [0.3, 0.4) is 0 Å². The van der Waals surface area contributed by atoms with Gasteiger partial charge in [0.1, 0.15) is 0 Å². The average Bonchev–Trinajstić information content (AvgIpc) is 2.81. The van der Waals surface area contributed by atoms with Crippen molar-refractivity contribution in [2.24, 2.45) is 0 Å². The normalized spacial score (nSPS) is 7.14. The van der Waals surface area contributed by atoms with E-state index in [1.807, 2.05) is 0 Å². The van der Waals surface area contributed by atoms with Crippen LogP contribution in [0.4, 0.5) is 0 Å². The fourth-order valence-electron chi connectivity index (χ4n) is 1.89. The summed E-state index contributed by atoms with van der Waals surface area (Å²) in [6.45, 7) is 26.5. The van der Waals surface area contributed by atoms with Crippen LogP contribution < -0.4 is 0 Å². The summed E-state index contributed by atoms with van der Waals surface area (Å²) in [5.41, 5.74) is 2.67. The van der Waals surface area contributed by atoms with Crippen LogP contribution >= 0.6 is 0 Å². The third-order valence-corrected chi connectivity index (χ3v) is 3.28. The van der Waals surface area contributed by atoms with Gasteiger partial charge in [0.05, 0.1) is 0 Å². The van der Waals surface area contributed by atoms with Crippen LogP contribution in [0.15, 0.2) is 60.7 Å². The Morgan fingerprint density at radius 1 is 0.643 bits per heavy atom. The summed E-state index contributed by atoms with van der Waals surface area (Å²) in [5.74, 6) is 0. The summed E-state index contributed by atoms with van der Waals surface area (Å²) >= 11 is 3.12. The molecule has 28 heavy (non-hydrogen) atoms. The number of hydrogen-bond acceptors (Lipinski definition) is 1. The van der Waals surface area contributed by atoms with Crippen molar-refractivity contribution in [3.8, 4) is 0 Å². The van der Waals surface area contributed by atoms with Crippen LogP contribution in [0.1, 0.15) is 18.1 Å². The molecular formula is C21H17CrNO5. The molecule has 0 heterocycles. The Morgan fingerprint density at radius 2 is 0.893 bits per heavy atom. The molecule has 0 radical (unpaired) electrons. The first-order valence-corrected chi connectivity index (χ1v) is 7.75. The van der Waals surface area contributed by atoms with Crippen molar-refractivity contribution in [1.82, 2.24) is 4.90 Å².